The van der Waals surface area contributed by atoms with Crippen molar-refractivity contribution >= 4 is 29.9 Å². The van der Waals surface area contributed by atoms with Crippen molar-refractivity contribution in [3.8, 4) is 11.5 Å². The maximum Gasteiger partial charge on any atom is 0.226 e. The van der Waals surface area contributed by atoms with E-state index in [0.717, 1.165) is 22.8 Å². The highest BCUT2D eigenvalue weighted by Gasteiger charge is 2.10. The van der Waals surface area contributed by atoms with Crippen LogP contribution in [-0.2, 0) is 13.1 Å². The van der Waals surface area contributed by atoms with Gasteiger partial charge in [-0.3, -0.25) is 4.99 Å². The lowest BCUT2D eigenvalue weighted by Gasteiger charge is -2.21. The molecule has 5 nitrogen and oxygen atoms in total. The summed E-state index contributed by atoms with van der Waals surface area (Å²) in [5.41, 5.74) is 2.74. The maximum atomic E-state index is 13.0. The van der Waals surface area contributed by atoms with Crippen LogP contribution in [0.1, 0.15) is 11.3 Å². The second-order valence-corrected chi connectivity index (χ2v) is 5.89. The molecular formula is C20H22FIN4O. The van der Waals surface area contributed by atoms with E-state index in [0.29, 0.717) is 19.0 Å². The zero-order valence-corrected chi connectivity index (χ0v) is 17.6. The molecule has 0 aliphatic heterocycles. The maximum absolute atomic E-state index is 13.0. The quantitative estimate of drug-likeness (QED) is 0.336. The number of rotatable bonds is 5. The molecule has 0 fully saturated rings. The Morgan fingerprint density at radius 3 is 2.52 bits per heavy atom. The molecule has 0 aliphatic rings. The van der Waals surface area contributed by atoms with Crippen molar-refractivity contribution in [2.45, 2.75) is 13.1 Å². The number of hydrogen-bond donors (Lipinski definition) is 1. The Morgan fingerprint density at radius 1 is 1.15 bits per heavy atom. The highest BCUT2D eigenvalue weighted by atomic mass is 127. The molecule has 0 atom stereocenters. The van der Waals surface area contributed by atoms with Gasteiger partial charge in [-0.05, 0) is 29.8 Å². The van der Waals surface area contributed by atoms with Gasteiger partial charge in [-0.2, -0.15) is 0 Å². The first-order valence-electron chi connectivity index (χ1n) is 8.32. The van der Waals surface area contributed by atoms with Gasteiger partial charge in [-0.25, -0.2) is 9.37 Å². The number of halogens is 2. The molecule has 27 heavy (non-hydrogen) atoms. The number of nitrogens with zero attached hydrogens (tertiary/aromatic N) is 3. The Hall–Kier alpha value is -2.42. The molecule has 0 unspecified atom stereocenters. The molecule has 1 heterocycles. The van der Waals surface area contributed by atoms with Crippen molar-refractivity contribution in [3.05, 3.63) is 77.9 Å². The Labute approximate surface area is 175 Å². The van der Waals surface area contributed by atoms with Crippen molar-refractivity contribution in [1.82, 2.24) is 15.2 Å². The second kappa shape index (κ2) is 10.1. The summed E-state index contributed by atoms with van der Waals surface area (Å²) in [6, 6.07) is 16.2. The summed E-state index contributed by atoms with van der Waals surface area (Å²) in [4.78, 5) is 10.7. The Balaban J connectivity index is 0.00000261. The predicted octanol–water partition coefficient (Wildman–Crippen LogP) is 4.31. The zero-order valence-electron chi connectivity index (χ0n) is 15.2. The number of guanidine groups is 1. The Bertz CT molecular complexity index is 865. The summed E-state index contributed by atoms with van der Waals surface area (Å²) in [7, 11) is 3.65. The van der Waals surface area contributed by atoms with Gasteiger partial charge in [0.15, 0.2) is 5.96 Å². The van der Waals surface area contributed by atoms with E-state index in [-0.39, 0.29) is 29.8 Å². The fourth-order valence-corrected chi connectivity index (χ4v) is 2.59. The van der Waals surface area contributed by atoms with Gasteiger partial charge >= 0.3 is 0 Å². The standard InChI is InChI=1S/C20H21FN4O.HI/c1-22-20(25(2)13-15-8-10-17(21)11-9-15)23-12-18-14-26-19(24-18)16-6-4-3-5-7-16;/h3-11,14H,12-13H2,1-2H3,(H,22,23);1H. The molecule has 3 rings (SSSR count). The number of aromatic nitrogens is 1. The summed E-state index contributed by atoms with van der Waals surface area (Å²) in [6.07, 6.45) is 1.64. The van der Waals surface area contributed by atoms with Crippen molar-refractivity contribution < 1.29 is 8.81 Å². The van der Waals surface area contributed by atoms with Crippen molar-refractivity contribution in [2.24, 2.45) is 4.99 Å². The lowest BCUT2D eigenvalue weighted by Crippen LogP contribution is -2.38. The van der Waals surface area contributed by atoms with Crippen LogP contribution in [0.3, 0.4) is 0 Å². The van der Waals surface area contributed by atoms with Gasteiger partial charge in [-0.1, -0.05) is 30.3 Å². The van der Waals surface area contributed by atoms with Gasteiger partial charge in [0.05, 0.1) is 12.2 Å². The topological polar surface area (TPSA) is 53.7 Å². The highest BCUT2D eigenvalue weighted by Crippen LogP contribution is 2.17. The van der Waals surface area contributed by atoms with Gasteiger partial charge in [0, 0.05) is 26.2 Å². The molecule has 1 aromatic heterocycles. The first-order valence-corrected chi connectivity index (χ1v) is 8.32. The molecule has 0 radical (unpaired) electrons. The summed E-state index contributed by atoms with van der Waals surface area (Å²) < 4.78 is 18.6. The molecule has 0 amide bonds. The third kappa shape index (κ3) is 5.78. The minimum Gasteiger partial charge on any atom is -0.444 e. The lowest BCUT2D eigenvalue weighted by molar-refractivity contribution is 0.475. The molecular weight excluding hydrogens is 458 g/mol. The van der Waals surface area contributed by atoms with E-state index < -0.39 is 0 Å². The lowest BCUT2D eigenvalue weighted by atomic mass is 10.2. The number of benzene rings is 2. The van der Waals surface area contributed by atoms with E-state index in [2.05, 4.69) is 15.3 Å². The molecule has 0 saturated heterocycles. The number of hydrogen-bond acceptors (Lipinski definition) is 3. The van der Waals surface area contributed by atoms with Crippen LogP contribution in [0.4, 0.5) is 4.39 Å². The van der Waals surface area contributed by atoms with E-state index in [4.69, 9.17) is 4.42 Å². The Morgan fingerprint density at radius 2 is 1.85 bits per heavy atom. The molecule has 1 N–H and O–H groups in total. The molecule has 142 valence electrons. The zero-order chi connectivity index (χ0) is 18.4. The monoisotopic (exact) mass is 480 g/mol. The second-order valence-electron chi connectivity index (χ2n) is 5.89. The van der Waals surface area contributed by atoms with Crippen LogP contribution in [-0.4, -0.2) is 29.9 Å². The molecule has 0 aliphatic carbocycles. The fourth-order valence-electron chi connectivity index (χ4n) is 2.59. The Kier molecular flexibility index (Phi) is 7.78. The van der Waals surface area contributed by atoms with Crippen LogP contribution in [0.2, 0.25) is 0 Å². The first-order chi connectivity index (χ1) is 12.7. The minimum absolute atomic E-state index is 0. The predicted molar refractivity (Wildman–Crippen MR) is 115 cm³/mol. The largest absolute Gasteiger partial charge is 0.444 e. The van der Waals surface area contributed by atoms with Gasteiger partial charge in [0.1, 0.15) is 12.1 Å². The molecule has 2 aromatic carbocycles. The highest BCUT2D eigenvalue weighted by molar-refractivity contribution is 14.0. The number of aliphatic imine (C=N–C) groups is 1. The van der Waals surface area contributed by atoms with E-state index in [9.17, 15) is 4.39 Å². The molecule has 0 saturated carbocycles. The molecule has 0 spiro atoms. The first kappa shape index (κ1) is 20.9. The van der Waals surface area contributed by atoms with Crippen molar-refractivity contribution in [2.75, 3.05) is 14.1 Å². The number of nitrogens with one attached hydrogen (secondary N) is 1. The molecule has 7 heteroatoms. The van der Waals surface area contributed by atoms with Crippen molar-refractivity contribution in [3.63, 3.8) is 0 Å². The smallest absolute Gasteiger partial charge is 0.226 e. The fraction of sp³-hybridized carbons (Fsp3) is 0.200. The number of oxazole rings is 1. The van der Waals surface area contributed by atoms with Gasteiger partial charge in [-0.15, -0.1) is 24.0 Å². The summed E-state index contributed by atoms with van der Waals surface area (Å²) in [5, 5.41) is 3.26. The van der Waals surface area contributed by atoms with E-state index in [1.807, 2.05) is 42.3 Å². The minimum atomic E-state index is -0.237. The molecule has 3 aromatic rings. The normalized spacial score (nSPS) is 11.0. The summed E-state index contributed by atoms with van der Waals surface area (Å²) >= 11 is 0. The van der Waals surface area contributed by atoms with Crippen LogP contribution < -0.4 is 5.32 Å². The van der Waals surface area contributed by atoms with Crippen LogP contribution in [0.25, 0.3) is 11.5 Å². The average molecular weight is 480 g/mol. The van der Waals surface area contributed by atoms with E-state index in [1.54, 1.807) is 25.4 Å². The summed E-state index contributed by atoms with van der Waals surface area (Å²) in [5.74, 6) is 1.08. The SMILES string of the molecule is CN=C(NCc1coc(-c2ccccc2)n1)N(C)Cc1ccc(F)cc1.I. The van der Waals surface area contributed by atoms with Gasteiger partial charge in [0.25, 0.3) is 0 Å². The van der Waals surface area contributed by atoms with Crippen molar-refractivity contribution in [1.29, 1.82) is 0 Å². The van der Waals surface area contributed by atoms with Crippen LogP contribution in [0.5, 0.6) is 0 Å². The van der Waals surface area contributed by atoms with Gasteiger partial charge < -0.3 is 14.6 Å². The van der Waals surface area contributed by atoms with E-state index >= 15 is 0 Å². The van der Waals surface area contributed by atoms with Crippen LogP contribution in [0, 0.1) is 5.82 Å². The summed E-state index contributed by atoms with van der Waals surface area (Å²) in [6.45, 7) is 1.12. The van der Waals surface area contributed by atoms with E-state index in [1.165, 1.54) is 12.1 Å². The molecule has 0 bridgehead atoms. The van der Waals surface area contributed by atoms with Crippen LogP contribution >= 0.6 is 24.0 Å². The third-order valence-electron chi connectivity index (χ3n) is 3.91. The van der Waals surface area contributed by atoms with Crippen LogP contribution in [0.15, 0.2) is 70.3 Å². The average Bonchev–Trinajstić information content (AvgIpc) is 3.14. The van der Waals surface area contributed by atoms with Gasteiger partial charge in [0.2, 0.25) is 5.89 Å². The third-order valence-corrected chi connectivity index (χ3v) is 3.91.